The molecule has 0 bridgehead atoms. The molecule has 2 heteroatoms. The Morgan fingerprint density at radius 3 is 0.929 bits per heavy atom. The molecule has 0 heterocycles. The van der Waals surface area contributed by atoms with E-state index in [1.54, 1.807) is 0 Å². The van der Waals surface area contributed by atoms with Crippen molar-refractivity contribution in [3.63, 3.8) is 0 Å². The Morgan fingerprint density at radius 1 is 0.464 bits per heavy atom. The normalized spacial score (nSPS) is 11.6. The quantitative estimate of drug-likeness (QED) is 0.338. The van der Waals surface area contributed by atoms with Crippen molar-refractivity contribution >= 4 is 14.5 Å². The standard InChI is InChI=1S/2C13H22P/c2*1-4-14(5-2,6-3)12-13-10-8-7-9-11-13/h2*7-11H,4-6,12H2,1-3H3/q2*+1/p+1. The third-order valence-electron chi connectivity index (χ3n) is 6.75. The molecular weight excluding hydrogens is 374 g/mol. The van der Waals surface area contributed by atoms with Crippen LogP contribution < -0.4 is 0 Å². The lowest BCUT2D eigenvalue weighted by Gasteiger charge is -2.23. The van der Waals surface area contributed by atoms with Gasteiger partial charge in [-0.2, -0.15) is 0 Å². The van der Waals surface area contributed by atoms with Gasteiger partial charge >= 0.3 is 1.43 Å². The summed E-state index contributed by atoms with van der Waals surface area (Å²) < 4.78 is 0. The molecule has 0 nitrogen and oxygen atoms in total. The first kappa shape index (κ1) is 25.3. The number of hydrogen-bond donors (Lipinski definition) is 0. The lowest BCUT2D eigenvalue weighted by Crippen LogP contribution is -2.05. The van der Waals surface area contributed by atoms with Gasteiger partial charge < -0.3 is 0 Å². The summed E-state index contributed by atoms with van der Waals surface area (Å²) in [6.45, 7) is 14.2. The summed E-state index contributed by atoms with van der Waals surface area (Å²) in [5, 5.41) is 0. The van der Waals surface area contributed by atoms with Crippen molar-refractivity contribution in [2.24, 2.45) is 0 Å². The highest BCUT2D eigenvalue weighted by molar-refractivity contribution is 7.75. The predicted octanol–water partition coefficient (Wildman–Crippen LogP) is 8.64. The third-order valence-corrected chi connectivity index (χ3v) is 16.9. The molecule has 0 saturated carbocycles. The SMILES string of the molecule is CC[P+](CC)(CC)Cc1ccccc1.CC[P+](CC)(CC)Cc1ccccc1.[H+]. The highest BCUT2D eigenvalue weighted by Gasteiger charge is 2.31. The number of benzene rings is 2. The first-order valence-electron chi connectivity index (χ1n) is 11.3. The van der Waals surface area contributed by atoms with Crippen LogP contribution >= 0.6 is 14.5 Å². The molecule has 0 radical (unpaired) electrons. The van der Waals surface area contributed by atoms with E-state index in [0.717, 1.165) is 0 Å². The highest BCUT2D eigenvalue weighted by Crippen LogP contribution is 2.61. The van der Waals surface area contributed by atoms with E-state index in [1.165, 1.54) is 60.4 Å². The average molecular weight is 420 g/mol. The van der Waals surface area contributed by atoms with Gasteiger partial charge in [0.05, 0.1) is 49.3 Å². The van der Waals surface area contributed by atoms with Gasteiger partial charge in [-0.25, -0.2) is 0 Å². The van der Waals surface area contributed by atoms with E-state index in [-0.39, 0.29) is 1.43 Å². The molecule has 28 heavy (non-hydrogen) atoms. The smallest absolute Gasteiger partial charge is 0.0622 e. The summed E-state index contributed by atoms with van der Waals surface area (Å²) in [5.74, 6) is 0. The molecule has 0 saturated heterocycles. The molecule has 0 amide bonds. The Morgan fingerprint density at radius 2 is 0.714 bits per heavy atom. The molecule has 0 spiro atoms. The van der Waals surface area contributed by atoms with Crippen molar-refractivity contribution < 1.29 is 1.43 Å². The summed E-state index contributed by atoms with van der Waals surface area (Å²) >= 11 is 0. The summed E-state index contributed by atoms with van der Waals surface area (Å²) in [7, 11) is -1.32. The van der Waals surface area contributed by atoms with Crippen LogP contribution in [0.15, 0.2) is 60.7 Å². The molecule has 2 aromatic rings. The molecule has 0 aliphatic heterocycles. The number of hydrogen-bond acceptors (Lipinski definition) is 0. The van der Waals surface area contributed by atoms with Crippen LogP contribution in [0, 0.1) is 0 Å². The average Bonchev–Trinajstić information content (AvgIpc) is 2.78. The van der Waals surface area contributed by atoms with Gasteiger partial charge in [-0.05, 0) is 52.7 Å². The van der Waals surface area contributed by atoms with E-state index in [4.69, 9.17) is 0 Å². The summed E-state index contributed by atoms with van der Waals surface area (Å²) in [4.78, 5) is 0. The minimum Gasteiger partial charge on any atom is -0.0622 e. The fourth-order valence-electron chi connectivity index (χ4n) is 3.95. The Labute approximate surface area is 178 Å². The molecule has 2 aromatic carbocycles. The van der Waals surface area contributed by atoms with Crippen molar-refractivity contribution in [2.75, 3.05) is 37.0 Å². The Kier molecular flexibility index (Phi) is 12.2. The Balaban J connectivity index is 0.000000523. The van der Waals surface area contributed by atoms with Crippen LogP contribution in [0.2, 0.25) is 0 Å². The Bertz CT molecular complexity index is 546. The Hall–Kier alpha value is -0.700. The van der Waals surface area contributed by atoms with E-state index in [1.807, 2.05) is 0 Å². The molecule has 156 valence electrons. The first-order chi connectivity index (χ1) is 13.5. The van der Waals surface area contributed by atoms with Gasteiger partial charge in [-0.15, -0.1) is 0 Å². The van der Waals surface area contributed by atoms with Crippen LogP contribution in [-0.2, 0) is 12.3 Å². The molecule has 2 rings (SSSR count). The van der Waals surface area contributed by atoms with Gasteiger partial charge in [0.2, 0.25) is 0 Å². The van der Waals surface area contributed by atoms with Gasteiger partial charge in [0.15, 0.2) is 0 Å². The largest absolute Gasteiger partial charge is 1.00 e. The molecular formula is C26H45P2+3. The molecule has 0 unspecified atom stereocenters. The van der Waals surface area contributed by atoms with Crippen LogP contribution in [0.25, 0.3) is 0 Å². The van der Waals surface area contributed by atoms with Gasteiger partial charge in [0.1, 0.15) is 0 Å². The topological polar surface area (TPSA) is 0 Å². The minimum absolute atomic E-state index is 0. The molecule has 0 aromatic heterocycles. The van der Waals surface area contributed by atoms with Crippen LogP contribution in [-0.4, -0.2) is 37.0 Å². The summed E-state index contributed by atoms with van der Waals surface area (Å²) in [6, 6.07) is 21.9. The minimum atomic E-state index is -0.661. The predicted molar refractivity (Wildman–Crippen MR) is 138 cm³/mol. The van der Waals surface area contributed by atoms with E-state index in [9.17, 15) is 0 Å². The number of rotatable bonds is 10. The van der Waals surface area contributed by atoms with Crippen LogP contribution in [0.5, 0.6) is 0 Å². The van der Waals surface area contributed by atoms with E-state index in [0.29, 0.717) is 0 Å². The van der Waals surface area contributed by atoms with Crippen molar-refractivity contribution in [2.45, 2.75) is 53.9 Å². The zero-order chi connectivity index (χ0) is 20.9. The van der Waals surface area contributed by atoms with Gasteiger partial charge in [-0.3, -0.25) is 0 Å². The van der Waals surface area contributed by atoms with Gasteiger partial charge in [-0.1, -0.05) is 60.7 Å². The molecule has 0 aliphatic carbocycles. The van der Waals surface area contributed by atoms with Crippen molar-refractivity contribution in [3.8, 4) is 0 Å². The third kappa shape index (κ3) is 7.97. The maximum absolute atomic E-state index is 2.36. The van der Waals surface area contributed by atoms with Crippen LogP contribution in [0.4, 0.5) is 0 Å². The van der Waals surface area contributed by atoms with Gasteiger partial charge in [0, 0.05) is 14.5 Å². The second-order valence-electron chi connectivity index (χ2n) is 7.87. The van der Waals surface area contributed by atoms with E-state index in [2.05, 4.69) is 102 Å². The fourth-order valence-corrected chi connectivity index (χ4v) is 9.95. The maximum Gasteiger partial charge on any atom is 1.00 e. The van der Waals surface area contributed by atoms with Crippen LogP contribution in [0.1, 0.15) is 54.1 Å². The summed E-state index contributed by atoms with van der Waals surface area (Å²) in [5.41, 5.74) is 3.07. The van der Waals surface area contributed by atoms with Crippen molar-refractivity contribution in [1.29, 1.82) is 0 Å². The molecule has 0 fully saturated rings. The lowest BCUT2D eigenvalue weighted by atomic mass is 10.2. The second-order valence-corrected chi connectivity index (χ2v) is 17.7. The van der Waals surface area contributed by atoms with Gasteiger partial charge in [0.25, 0.3) is 0 Å². The van der Waals surface area contributed by atoms with E-state index >= 15 is 0 Å². The molecule has 0 N–H and O–H groups in total. The molecule has 0 atom stereocenters. The van der Waals surface area contributed by atoms with Crippen molar-refractivity contribution in [3.05, 3.63) is 71.8 Å². The first-order valence-corrected chi connectivity index (χ1v) is 16.4. The molecule has 0 aliphatic rings. The van der Waals surface area contributed by atoms with Crippen LogP contribution in [0.3, 0.4) is 0 Å². The summed E-state index contributed by atoms with van der Waals surface area (Å²) in [6.07, 6.45) is 11.1. The maximum atomic E-state index is 2.36. The fraction of sp³-hybridized carbons (Fsp3) is 0.538. The zero-order valence-corrected chi connectivity index (χ0v) is 21.1. The zero-order valence-electron chi connectivity index (χ0n) is 20.3. The highest BCUT2D eigenvalue weighted by atomic mass is 31.2. The van der Waals surface area contributed by atoms with E-state index < -0.39 is 14.5 Å². The second kappa shape index (κ2) is 13.5. The monoisotopic (exact) mass is 419 g/mol. The lowest BCUT2D eigenvalue weighted by molar-refractivity contribution is 1.22. The van der Waals surface area contributed by atoms with Crippen molar-refractivity contribution in [1.82, 2.24) is 0 Å².